The van der Waals surface area contributed by atoms with Crippen molar-refractivity contribution < 1.29 is 0 Å². The average Bonchev–Trinajstić information content (AvgIpc) is 2.27. The van der Waals surface area contributed by atoms with Crippen molar-refractivity contribution in [3.63, 3.8) is 0 Å². The molecule has 0 saturated carbocycles. The minimum atomic E-state index is 0.656. The number of benzene rings is 1. The Morgan fingerprint density at radius 2 is 2.22 bits per heavy atom. The lowest BCUT2D eigenvalue weighted by Crippen LogP contribution is -2.44. The number of hydrogen-bond donors (Lipinski definition) is 1. The van der Waals surface area contributed by atoms with Gasteiger partial charge in [0.05, 0.1) is 0 Å². The van der Waals surface area contributed by atoms with Crippen LogP contribution in [0.1, 0.15) is 18.4 Å². The van der Waals surface area contributed by atoms with Crippen molar-refractivity contribution in [3.05, 3.63) is 28.2 Å². The number of nitrogens with zero attached hydrogens (tertiary/aromatic N) is 2. The van der Waals surface area contributed by atoms with Crippen molar-refractivity contribution in [3.8, 4) is 0 Å². The van der Waals surface area contributed by atoms with Crippen LogP contribution in [0.15, 0.2) is 22.7 Å². The maximum absolute atomic E-state index is 5.88. The van der Waals surface area contributed by atoms with E-state index >= 15 is 0 Å². The molecule has 0 bridgehead atoms. The Morgan fingerprint density at radius 1 is 1.44 bits per heavy atom. The molecule has 1 atom stereocenters. The Kier molecular flexibility index (Phi) is 4.65. The summed E-state index contributed by atoms with van der Waals surface area (Å²) in [4.78, 5) is 4.86. The number of rotatable bonds is 3. The molecule has 1 unspecified atom stereocenters. The summed E-state index contributed by atoms with van der Waals surface area (Å²) in [6, 6.07) is 6.81. The van der Waals surface area contributed by atoms with Crippen molar-refractivity contribution in [2.75, 3.05) is 32.9 Å². The van der Waals surface area contributed by atoms with Crippen molar-refractivity contribution in [2.45, 2.75) is 25.4 Å². The third kappa shape index (κ3) is 3.70. The van der Waals surface area contributed by atoms with Crippen LogP contribution in [0.3, 0.4) is 0 Å². The van der Waals surface area contributed by atoms with Crippen LogP contribution in [0, 0.1) is 0 Å². The normalized spacial score (nSPS) is 21.4. The molecule has 1 saturated heterocycles. The van der Waals surface area contributed by atoms with Crippen LogP contribution in [0.4, 0.5) is 5.69 Å². The van der Waals surface area contributed by atoms with Gasteiger partial charge in [-0.1, -0.05) is 15.9 Å². The van der Waals surface area contributed by atoms with E-state index < -0.39 is 0 Å². The smallest absolute Gasteiger partial charge is 0.0328 e. The first-order valence-corrected chi connectivity index (χ1v) is 7.27. The Morgan fingerprint density at radius 3 is 2.89 bits per heavy atom. The van der Waals surface area contributed by atoms with Gasteiger partial charge in [-0.15, -0.1) is 0 Å². The van der Waals surface area contributed by atoms with E-state index in [9.17, 15) is 0 Å². The van der Waals surface area contributed by atoms with Gasteiger partial charge in [-0.2, -0.15) is 0 Å². The van der Waals surface area contributed by atoms with Crippen LogP contribution in [0.25, 0.3) is 0 Å². The van der Waals surface area contributed by atoms with Gasteiger partial charge in [-0.25, -0.2) is 0 Å². The van der Waals surface area contributed by atoms with Crippen LogP contribution in [-0.4, -0.2) is 43.0 Å². The second kappa shape index (κ2) is 6.04. The van der Waals surface area contributed by atoms with Gasteiger partial charge in [0, 0.05) is 29.3 Å². The van der Waals surface area contributed by atoms with Crippen LogP contribution in [0.5, 0.6) is 0 Å². The molecule has 3 nitrogen and oxygen atoms in total. The van der Waals surface area contributed by atoms with Gasteiger partial charge in [-0.05, 0) is 57.2 Å². The fourth-order valence-electron chi connectivity index (χ4n) is 2.68. The summed E-state index contributed by atoms with van der Waals surface area (Å²) in [5.41, 5.74) is 7.98. The van der Waals surface area contributed by atoms with E-state index in [1.54, 1.807) is 0 Å². The molecule has 0 amide bonds. The molecular weight excluding hydrogens is 290 g/mol. The van der Waals surface area contributed by atoms with Gasteiger partial charge in [-0.3, -0.25) is 4.90 Å². The van der Waals surface area contributed by atoms with Gasteiger partial charge in [0.1, 0.15) is 0 Å². The molecule has 1 aromatic carbocycles. The Hall–Kier alpha value is -0.580. The second-order valence-electron chi connectivity index (χ2n) is 5.37. The zero-order valence-electron chi connectivity index (χ0n) is 11.2. The third-order valence-electron chi connectivity index (χ3n) is 3.63. The maximum atomic E-state index is 5.88. The molecule has 0 aliphatic carbocycles. The summed E-state index contributed by atoms with van der Waals surface area (Å²) in [5, 5.41) is 0. The second-order valence-corrected chi connectivity index (χ2v) is 6.28. The maximum Gasteiger partial charge on any atom is 0.0328 e. The third-order valence-corrected chi connectivity index (χ3v) is 4.09. The Balaban J connectivity index is 1.99. The molecule has 1 aliphatic heterocycles. The van der Waals surface area contributed by atoms with Crippen molar-refractivity contribution in [1.29, 1.82) is 0 Å². The van der Waals surface area contributed by atoms with E-state index in [-0.39, 0.29) is 0 Å². The summed E-state index contributed by atoms with van der Waals surface area (Å²) < 4.78 is 1.06. The summed E-state index contributed by atoms with van der Waals surface area (Å²) >= 11 is 3.50. The lowest BCUT2D eigenvalue weighted by Gasteiger charge is -2.36. The highest BCUT2D eigenvalue weighted by atomic mass is 79.9. The Labute approximate surface area is 118 Å². The van der Waals surface area contributed by atoms with Crippen LogP contribution < -0.4 is 5.73 Å². The Bertz CT molecular complexity index is 388. The van der Waals surface area contributed by atoms with Crippen molar-refractivity contribution >= 4 is 21.6 Å². The van der Waals surface area contributed by atoms with E-state index in [0.717, 1.165) is 16.7 Å². The molecule has 2 rings (SSSR count). The number of nitrogen functional groups attached to an aromatic ring is 1. The zero-order valence-corrected chi connectivity index (χ0v) is 12.8. The number of anilines is 1. The van der Waals surface area contributed by atoms with Crippen LogP contribution in [0.2, 0.25) is 0 Å². The quantitative estimate of drug-likeness (QED) is 0.871. The molecule has 0 radical (unpaired) electrons. The first kappa shape index (κ1) is 13.8. The molecule has 1 aliphatic rings. The number of nitrogens with two attached hydrogens (primary N) is 1. The molecule has 0 spiro atoms. The fraction of sp³-hybridized carbons (Fsp3) is 0.571. The topological polar surface area (TPSA) is 32.5 Å². The molecule has 0 aromatic heterocycles. The lowest BCUT2D eigenvalue weighted by atomic mass is 10.0. The molecular formula is C14H22BrN3. The molecule has 1 fully saturated rings. The number of likely N-dealkylation sites (N-methyl/N-ethyl adjacent to an activating group) is 2. The highest BCUT2D eigenvalue weighted by Gasteiger charge is 2.20. The largest absolute Gasteiger partial charge is 0.399 e. The lowest BCUT2D eigenvalue weighted by molar-refractivity contribution is 0.129. The van der Waals surface area contributed by atoms with E-state index in [4.69, 9.17) is 5.73 Å². The number of halogens is 1. The van der Waals surface area contributed by atoms with Gasteiger partial charge in [0.2, 0.25) is 0 Å². The van der Waals surface area contributed by atoms with Gasteiger partial charge < -0.3 is 10.6 Å². The zero-order chi connectivity index (χ0) is 13.1. The van der Waals surface area contributed by atoms with E-state index in [0.29, 0.717) is 6.04 Å². The predicted molar refractivity (Wildman–Crippen MR) is 80.5 cm³/mol. The SMILES string of the molecule is CN1CCCC(N(C)Cc2cc(N)cc(Br)c2)C1. The first-order chi connectivity index (χ1) is 8.54. The van der Waals surface area contributed by atoms with E-state index in [2.05, 4.69) is 52.0 Å². The standard InChI is InChI=1S/C14H22BrN3/c1-17-5-3-4-14(10-17)18(2)9-11-6-12(15)8-13(16)7-11/h6-8,14H,3-5,9-10,16H2,1-2H3. The molecule has 4 heteroatoms. The number of hydrogen-bond acceptors (Lipinski definition) is 3. The van der Waals surface area contributed by atoms with E-state index in [1.807, 2.05) is 6.07 Å². The van der Waals surface area contributed by atoms with Crippen LogP contribution >= 0.6 is 15.9 Å². The summed E-state index contributed by atoms with van der Waals surface area (Å²) in [7, 11) is 4.41. The van der Waals surface area contributed by atoms with Crippen LogP contribution in [-0.2, 0) is 6.54 Å². The number of piperidine rings is 1. The average molecular weight is 312 g/mol. The molecule has 1 heterocycles. The summed E-state index contributed by atoms with van der Waals surface area (Å²) in [6.07, 6.45) is 2.59. The highest BCUT2D eigenvalue weighted by molar-refractivity contribution is 9.10. The van der Waals surface area contributed by atoms with Crippen molar-refractivity contribution in [1.82, 2.24) is 9.80 Å². The molecule has 2 N–H and O–H groups in total. The highest BCUT2D eigenvalue weighted by Crippen LogP contribution is 2.20. The molecule has 1 aromatic rings. The predicted octanol–water partition coefficient (Wildman–Crippen LogP) is 2.56. The summed E-state index contributed by atoms with van der Waals surface area (Å²) in [5.74, 6) is 0. The molecule has 100 valence electrons. The minimum absolute atomic E-state index is 0.656. The van der Waals surface area contributed by atoms with E-state index in [1.165, 1.54) is 31.5 Å². The minimum Gasteiger partial charge on any atom is -0.399 e. The van der Waals surface area contributed by atoms with Gasteiger partial charge in [0.15, 0.2) is 0 Å². The summed E-state index contributed by atoms with van der Waals surface area (Å²) in [6.45, 7) is 3.36. The van der Waals surface area contributed by atoms with Crippen molar-refractivity contribution in [2.24, 2.45) is 0 Å². The van der Waals surface area contributed by atoms with Gasteiger partial charge >= 0.3 is 0 Å². The van der Waals surface area contributed by atoms with Gasteiger partial charge in [0.25, 0.3) is 0 Å². The fourth-order valence-corrected chi connectivity index (χ4v) is 3.24. The molecule has 18 heavy (non-hydrogen) atoms. The number of likely N-dealkylation sites (tertiary alicyclic amines) is 1. The first-order valence-electron chi connectivity index (χ1n) is 6.48. The monoisotopic (exact) mass is 311 g/mol.